The number of hydrogen-bond donors (Lipinski definition) is 3. The van der Waals surface area contributed by atoms with Gasteiger partial charge in [0.15, 0.2) is 0 Å². The fourth-order valence-corrected chi connectivity index (χ4v) is 2.54. The molecule has 2 amide bonds. The summed E-state index contributed by atoms with van der Waals surface area (Å²) in [6, 6.07) is 5.35. The van der Waals surface area contributed by atoms with Crippen molar-refractivity contribution in [3.8, 4) is 0 Å². The molecule has 2 rings (SSSR count). The van der Waals surface area contributed by atoms with Crippen LogP contribution in [0, 0.1) is 11.2 Å². The van der Waals surface area contributed by atoms with Gasteiger partial charge in [0.25, 0.3) is 0 Å². The Morgan fingerprint density at radius 1 is 1.33 bits per heavy atom. The number of nitrogens with one attached hydrogen (secondary N) is 2. The predicted molar refractivity (Wildman–Crippen MR) is 79.3 cm³/mol. The fourth-order valence-electron chi connectivity index (χ4n) is 2.54. The molecule has 1 aliphatic rings. The lowest BCUT2D eigenvalue weighted by molar-refractivity contribution is 0.172. The third kappa shape index (κ3) is 4.70. The molecule has 1 saturated carbocycles. The summed E-state index contributed by atoms with van der Waals surface area (Å²) in [6.07, 6.45) is 3.80. The number of urea groups is 1. The third-order valence-electron chi connectivity index (χ3n) is 4.07. The molecule has 0 aliphatic heterocycles. The molecule has 1 aromatic carbocycles. The first-order valence-electron chi connectivity index (χ1n) is 7.50. The highest BCUT2D eigenvalue weighted by atomic mass is 19.1. The molecule has 1 aromatic rings. The number of benzene rings is 1. The lowest BCUT2D eigenvalue weighted by Crippen LogP contribution is -2.40. The average molecular weight is 294 g/mol. The van der Waals surface area contributed by atoms with Crippen molar-refractivity contribution in [3.05, 3.63) is 35.6 Å². The van der Waals surface area contributed by atoms with Crippen LogP contribution in [0.4, 0.5) is 9.18 Å². The number of aliphatic hydroxyl groups is 1. The van der Waals surface area contributed by atoms with Crippen molar-refractivity contribution < 1.29 is 14.3 Å². The quantitative estimate of drug-likeness (QED) is 0.724. The summed E-state index contributed by atoms with van der Waals surface area (Å²) in [4.78, 5) is 11.7. The van der Waals surface area contributed by atoms with E-state index in [2.05, 4.69) is 17.6 Å². The Kier molecular flexibility index (Phi) is 5.17. The van der Waals surface area contributed by atoms with Gasteiger partial charge in [-0.15, -0.1) is 0 Å². The molecule has 0 bridgehead atoms. The maximum atomic E-state index is 12.8. The van der Waals surface area contributed by atoms with Crippen molar-refractivity contribution in [2.45, 2.75) is 38.7 Å². The van der Waals surface area contributed by atoms with Crippen molar-refractivity contribution in [2.75, 3.05) is 13.1 Å². The first-order chi connectivity index (χ1) is 10.0. The number of hydrogen-bond acceptors (Lipinski definition) is 2. The van der Waals surface area contributed by atoms with Crippen LogP contribution in [0.3, 0.4) is 0 Å². The summed E-state index contributed by atoms with van der Waals surface area (Å²) in [5, 5.41) is 15.4. The molecule has 1 atom stereocenters. The van der Waals surface area contributed by atoms with Crippen molar-refractivity contribution in [3.63, 3.8) is 0 Å². The van der Waals surface area contributed by atoms with Gasteiger partial charge in [0.1, 0.15) is 5.82 Å². The Morgan fingerprint density at radius 3 is 2.57 bits per heavy atom. The number of aliphatic hydroxyl groups excluding tert-OH is 1. The highest BCUT2D eigenvalue weighted by molar-refractivity contribution is 5.73. The maximum Gasteiger partial charge on any atom is 0.314 e. The van der Waals surface area contributed by atoms with Gasteiger partial charge in [0, 0.05) is 13.1 Å². The van der Waals surface area contributed by atoms with E-state index in [9.17, 15) is 14.3 Å². The van der Waals surface area contributed by atoms with Crippen LogP contribution in [0.2, 0.25) is 0 Å². The van der Waals surface area contributed by atoms with Crippen LogP contribution >= 0.6 is 0 Å². The third-order valence-corrected chi connectivity index (χ3v) is 4.07. The van der Waals surface area contributed by atoms with E-state index >= 15 is 0 Å². The van der Waals surface area contributed by atoms with Crippen LogP contribution in [-0.2, 0) is 0 Å². The SMILES string of the molecule is CCCC1(CNC(=O)NCC(O)c2ccc(F)cc2)CC1. The highest BCUT2D eigenvalue weighted by Crippen LogP contribution is 2.48. The van der Waals surface area contributed by atoms with Gasteiger partial charge in [0.2, 0.25) is 0 Å². The Bertz CT molecular complexity index is 472. The minimum atomic E-state index is -0.832. The molecular formula is C16H23FN2O2. The van der Waals surface area contributed by atoms with E-state index in [1.807, 2.05) is 0 Å². The van der Waals surface area contributed by atoms with Gasteiger partial charge < -0.3 is 15.7 Å². The number of carbonyl (C=O) groups excluding carboxylic acids is 1. The van der Waals surface area contributed by atoms with E-state index < -0.39 is 6.10 Å². The molecule has 4 nitrogen and oxygen atoms in total. The van der Waals surface area contributed by atoms with E-state index in [-0.39, 0.29) is 18.4 Å². The van der Waals surface area contributed by atoms with Gasteiger partial charge in [-0.1, -0.05) is 25.5 Å². The van der Waals surface area contributed by atoms with Crippen molar-refractivity contribution in [1.82, 2.24) is 10.6 Å². The molecule has 21 heavy (non-hydrogen) atoms. The average Bonchev–Trinajstić information content (AvgIpc) is 3.24. The summed E-state index contributed by atoms with van der Waals surface area (Å²) in [7, 11) is 0. The second-order valence-corrected chi connectivity index (χ2v) is 5.88. The zero-order valence-electron chi connectivity index (χ0n) is 12.4. The van der Waals surface area contributed by atoms with Crippen LogP contribution < -0.4 is 10.6 Å². The first-order valence-corrected chi connectivity index (χ1v) is 7.50. The fraction of sp³-hybridized carbons (Fsp3) is 0.562. The number of halogens is 1. The molecule has 0 radical (unpaired) electrons. The van der Waals surface area contributed by atoms with E-state index in [4.69, 9.17) is 0 Å². The summed E-state index contributed by atoms with van der Waals surface area (Å²) in [5.74, 6) is -0.345. The second-order valence-electron chi connectivity index (χ2n) is 5.88. The first kappa shape index (κ1) is 15.8. The summed E-state index contributed by atoms with van der Waals surface area (Å²) < 4.78 is 12.8. The normalized spacial score (nSPS) is 17.1. The monoisotopic (exact) mass is 294 g/mol. The number of amides is 2. The van der Waals surface area contributed by atoms with Gasteiger partial charge >= 0.3 is 6.03 Å². The van der Waals surface area contributed by atoms with Crippen LogP contribution in [-0.4, -0.2) is 24.2 Å². The summed E-state index contributed by atoms with van der Waals surface area (Å²) in [6.45, 7) is 2.96. The van der Waals surface area contributed by atoms with Crippen LogP contribution in [0.25, 0.3) is 0 Å². The Hall–Kier alpha value is -1.62. The summed E-state index contributed by atoms with van der Waals surface area (Å²) >= 11 is 0. The molecule has 1 aliphatic carbocycles. The molecule has 1 unspecified atom stereocenters. The molecule has 3 N–H and O–H groups in total. The van der Waals surface area contributed by atoms with Crippen molar-refractivity contribution in [2.24, 2.45) is 5.41 Å². The molecule has 5 heteroatoms. The predicted octanol–water partition coefficient (Wildman–Crippen LogP) is 2.74. The largest absolute Gasteiger partial charge is 0.387 e. The van der Waals surface area contributed by atoms with Crippen molar-refractivity contribution in [1.29, 1.82) is 0 Å². The lowest BCUT2D eigenvalue weighted by atomic mass is 10.0. The van der Waals surface area contributed by atoms with E-state index in [1.165, 1.54) is 37.1 Å². The van der Waals surface area contributed by atoms with E-state index in [0.717, 1.165) is 12.8 Å². The van der Waals surface area contributed by atoms with Gasteiger partial charge in [-0.05, 0) is 42.4 Å². The molecular weight excluding hydrogens is 271 g/mol. The Balaban J connectivity index is 1.70. The zero-order chi connectivity index (χ0) is 15.3. The Morgan fingerprint density at radius 2 is 2.00 bits per heavy atom. The molecule has 116 valence electrons. The lowest BCUT2D eigenvalue weighted by Gasteiger charge is -2.16. The molecule has 1 fully saturated rings. The molecule has 0 aromatic heterocycles. The van der Waals surface area contributed by atoms with Gasteiger partial charge in [-0.2, -0.15) is 0 Å². The van der Waals surface area contributed by atoms with Gasteiger partial charge in [-0.3, -0.25) is 0 Å². The molecule has 0 saturated heterocycles. The standard InChI is InChI=1S/C16H23FN2O2/c1-2-7-16(8-9-16)11-19-15(21)18-10-14(20)12-3-5-13(17)6-4-12/h3-6,14,20H,2,7-11H2,1H3,(H2,18,19,21). The van der Waals surface area contributed by atoms with Gasteiger partial charge in [0.05, 0.1) is 6.10 Å². The van der Waals surface area contributed by atoms with Crippen molar-refractivity contribution >= 4 is 6.03 Å². The smallest absolute Gasteiger partial charge is 0.314 e. The number of carbonyl (C=O) groups is 1. The molecule has 0 spiro atoms. The van der Waals surface area contributed by atoms with E-state index in [0.29, 0.717) is 17.5 Å². The second kappa shape index (κ2) is 6.89. The topological polar surface area (TPSA) is 61.4 Å². The zero-order valence-corrected chi connectivity index (χ0v) is 12.4. The summed E-state index contributed by atoms with van der Waals surface area (Å²) in [5.41, 5.74) is 0.892. The Labute approximate surface area is 124 Å². The minimum absolute atomic E-state index is 0.109. The highest BCUT2D eigenvalue weighted by Gasteiger charge is 2.41. The van der Waals surface area contributed by atoms with Crippen LogP contribution in [0.15, 0.2) is 24.3 Å². The number of rotatable bonds is 7. The van der Waals surface area contributed by atoms with Gasteiger partial charge in [-0.25, -0.2) is 9.18 Å². The van der Waals surface area contributed by atoms with Crippen LogP contribution in [0.5, 0.6) is 0 Å². The van der Waals surface area contributed by atoms with E-state index in [1.54, 1.807) is 0 Å². The maximum absolute atomic E-state index is 12.8. The molecule has 0 heterocycles. The van der Waals surface area contributed by atoms with Crippen LogP contribution in [0.1, 0.15) is 44.3 Å². The minimum Gasteiger partial charge on any atom is -0.387 e.